The molecule has 1 unspecified atom stereocenters. The molecule has 2 aromatic heterocycles. The number of nitrogens with two attached hydrogens (primary N) is 1. The lowest BCUT2D eigenvalue weighted by Gasteiger charge is -2.32. The highest BCUT2D eigenvalue weighted by atomic mass is 19.1. The van der Waals surface area contributed by atoms with Crippen LogP contribution in [0.5, 0.6) is 0 Å². The number of hydrogen-bond donors (Lipinski definition) is 4. The lowest BCUT2D eigenvalue weighted by molar-refractivity contribution is -0.120. The Labute approximate surface area is 210 Å². The fraction of sp³-hybridized carbons (Fsp3) is 0.500. The number of nitrogens with zero attached hydrogens (tertiary/aromatic N) is 3. The Morgan fingerprint density at radius 2 is 2.03 bits per heavy atom. The maximum atomic E-state index is 15.0. The van der Waals surface area contributed by atoms with E-state index in [9.17, 15) is 14.0 Å². The fourth-order valence-electron chi connectivity index (χ4n) is 5.11. The molecule has 2 fully saturated rings. The van der Waals surface area contributed by atoms with E-state index < -0.39 is 17.8 Å². The molecule has 2 aliphatic rings. The van der Waals surface area contributed by atoms with Crippen LogP contribution >= 0.6 is 0 Å². The van der Waals surface area contributed by atoms with Crippen molar-refractivity contribution in [2.75, 3.05) is 5.32 Å². The molecule has 4 rings (SSSR count). The topological polar surface area (TPSA) is 139 Å². The summed E-state index contributed by atoms with van der Waals surface area (Å²) in [6.07, 6.45) is 6.96. The number of carbonyl (C=O) groups excluding carboxylic acids is 2. The molecule has 0 spiro atoms. The molecule has 192 valence electrons. The molecule has 0 saturated heterocycles. The molecule has 0 aromatic carbocycles. The smallest absolute Gasteiger partial charge is 0.270 e. The molecule has 2 heterocycles. The second-order valence-corrected chi connectivity index (χ2v) is 10.2. The lowest BCUT2D eigenvalue weighted by atomic mass is 9.80. The number of amides is 2. The van der Waals surface area contributed by atoms with Gasteiger partial charge in [-0.25, -0.2) is 4.39 Å². The van der Waals surface area contributed by atoms with Crippen molar-refractivity contribution in [3.8, 4) is 0 Å². The molecule has 2 amide bonds. The van der Waals surface area contributed by atoms with Crippen molar-refractivity contribution in [3.05, 3.63) is 47.4 Å². The Balaban J connectivity index is 1.61. The first-order chi connectivity index (χ1) is 17.1. The molecular formula is C26H34FN7O2. The number of anilines is 1. The average Bonchev–Trinajstić information content (AvgIpc) is 3.73. The lowest BCUT2D eigenvalue weighted by Crippen LogP contribution is -2.51. The van der Waals surface area contributed by atoms with Crippen LogP contribution in [-0.2, 0) is 11.3 Å². The van der Waals surface area contributed by atoms with Crippen LogP contribution < -0.4 is 16.4 Å². The normalized spacial score (nSPS) is 18.6. The van der Waals surface area contributed by atoms with Gasteiger partial charge in [-0.15, -0.1) is 0 Å². The Bertz CT molecular complexity index is 1220. The number of pyridine rings is 1. The predicted octanol–water partition coefficient (Wildman–Crippen LogP) is 3.73. The first kappa shape index (κ1) is 25.5. The van der Waals surface area contributed by atoms with E-state index in [0.29, 0.717) is 18.2 Å². The van der Waals surface area contributed by atoms with Crippen molar-refractivity contribution < 1.29 is 14.0 Å². The number of carbonyl (C=O) groups is 2. The van der Waals surface area contributed by atoms with Gasteiger partial charge in [0.2, 0.25) is 5.91 Å². The monoisotopic (exact) mass is 495 g/mol. The van der Waals surface area contributed by atoms with Crippen LogP contribution in [-0.4, -0.2) is 38.3 Å². The minimum atomic E-state index is -0.786. The highest BCUT2D eigenvalue weighted by Crippen LogP contribution is 2.60. The van der Waals surface area contributed by atoms with E-state index in [0.717, 1.165) is 25.7 Å². The van der Waals surface area contributed by atoms with Gasteiger partial charge in [0.05, 0.1) is 11.9 Å². The van der Waals surface area contributed by atoms with Gasteiger partial charge in [0.1, 0.15) is 17.4 Å². The number of aromatic nitrogens is 3. The van der Waals surface area contributed by atoms with E-state index in [1.807, 2.05) is 6.92 Å². The van der Waals surface area contributed by atoms with Crippen molar-refractivity contribution in [2.45, 2.75) is 66.0 Å². The van der Waals surface area contributed by atoms with E-state index in [-0.39, 0.29) is 45.6 Å². The van der Waals surface area contributed by atoms with Crippen LogP contribution in [0, 0.1) is 28.5 Å². The highest BCUT2D eigenvalue weighted by Gasteiger charge is 2.55. The minimum Gasteiger partial charge on any atom is -0.402 e. The fourth-order valence-corrected chi connectivity index (χ4v) is 5.11. The molecule has 10 heteroatoms. The van der Waals surface area contributed by atoms with Gasteiger partial charge >= 0.3 is 0 Å². The van der Waals surface area contributed by atoms with Crippen LogP contribution in [0.1, 0.15) is 69.6 Å². The first-order valence-electron chi connectivity index (χ1n) is 12.4. The molecule has 5 N–H and O–H groups in total. The summed E-state index contributed by atoms with van der Waals surface area (Å²) in [5.41, 5.74) is 6.93. The Kier molecular flexibility index (Phi) is 6.97. The summed E-state index contributed by atoms with van der Waals surface area (Å²) in [5, 5.41) is 17.8. The van der Waals surface area contributed by atoms with Crippen LogP contribution in [0.15, 0.2) is 30.2 Å². The third kappa shape index (κ3) is 5.17. The second kappa shape index (κ2) is 9.83. The van der Waals surface area contributed by atoms with E-state index in [2.05, 4.69) is 27.6 Å². The molecule has 2 saturated carbocycles. The van der Waals surface area contributed by atoms with Crippen LogP contribution in [0.3, 0.4) is 0 Å². The van der Waals surface area contributed by atoms with Gasteiger partial charge in [-0.3, -0.25) is 19.3 Å². The standard InChI is InChI=1S/C26H34FN7O2/c1-5-34-19(8-11-31-34)24(35)33-23(21(16-6-7-16)26(4)9-10-26)25(36)32-17-12-18(27)22(30-13-17)20(14(2)28)15(3)29/h8,11-13,16,21,23,28H,5-7,9-10,29H2,1-4H3,(H,32,36)(H,33,35)/b20-15+,28-14?/t21?,23-/m0/s1. The molecule has 0 radical (unpaired) electrons. The molecule has 36 heavy (non-hydrogen) atoms. The molecule has 2 aromatic rings. The highest BCUT2D eigenvalue weighted by molar-refractivity contribution is 6.21. The first-order valence-corrected chi connectivity index (χ1v) is 12.4. The summed E-state index contributed by atoms with van der Waals surface area (Å²) in [6, 6.07) is 2.01. The average molecular weight is 496 g/mol. The number of allylic oxidation sites excluding steroid dienone is 2. The number of aryl methyl sites for hydroxylation is 1. The zero-order valence-electron chi connectivity index (χ0n) is 21.2. The third-order valence-corrected chi connectivity index (χ3v) is 7.27. The van der Waals surface area contributed by atoms with Crippen LogP contribution in [0.25, 0.3) is 5.57 Å². The zero-order chi connectivity index (χ0) is 26.2. The van der Waals surface area contributed by atoms with E-state index in [1.54, 1.807) is 23.9 Å². The number of nitrogens with one attached hydrogen (secondary N) is 3. The van der Waals surface area contributed by atoms with Crippen molar-refractivity contribution in [1.29, 1.82) is 5.41 Å². The summed E-state index contributed by atoms with van der Waals surface area (Å²) in [5.74, 6) is -1.12. The summed E-state index contributed by atoms with van der Waals surface area (Å²) in [6.45, 7) is 7.68. The zero-order valence-corrected chi connectivity index (χ0v) is 21.2. The molecule has 0 bridgehead atoms. The third-order valence-electron chi connectivity index (χ3n) is 7.27. The van der Waals surface area contributed by atoms with Gasteiger partial charge in [-0.1, -0.05) is 6.92 Å². The molecule has 9 nitrogen and oxygen atoms in total. The van der Waals surface area contributed by atoms with E-state index in [1.165, 1.54) is 19.2 Å². The summed E-state index contributed by atoms with van der Waals surface area (Å²) >= 11 is 0. The van der Waals surface area contributed by atoms with Gasteiger partial charge in [-0.2, -0.15) is 5.10 Å². The van der Waals surface area contributed by atoms with Crippen LogP contribution in [0.4, 0.5) is 10.1 Å². The van der Waals surface area contributed by atoms with Gasteiger partial charge in [-0.05, 0) is 69.8 Å². The molecule has 2 atom stereocenters. The maximum absolute atomic E-state index is 15.0. The number of rotatable bonds is 10. The quantitative estimate of drug-likeness (QED) is 0.372. The minimum absolute atomic E-state index is 0.0192. The summed E-state index contributed by atoms with van der Waals surface area (Å²) in [4.78, 5) is 30.9. The van der Waals surface area contributed by atoms with Crippen molar-refractivity contribution in [2.24, 2.45) is 23.0 Å². The van der Waals surface area contributed by atoms with E-state index in [4.69, 9.17) is 11.1 Å². The Morgan fingerprint density at radius 3 is 2.56 bits per heavy atom. The van der Waals surface area contributed by atoms with Gasteiger partial charge in [0.15, 0.2) is 5.82 Å². The molecule has 0 aliphatic heterocycles. The van der Waals surface area contributed by atoms with Gasteiger partial charge in [0.25, 0.3) is 5.91 Å². The Hall–Kier alpha value is -3.56. The molecular weight excluding hydrogens is 461 g/mol. The summed E-state index contributed by atoms with van der Waals surface area (Å²) < 4.78 is 16.6. The SMILES string of the molecule is CCn1nccc1C(=O)N[C@H](C(=O)Nc1cnc(/C(C(C)=N)=C(\C)N)c(F)c1)C(C1CC1)C1(C)CC1. The van der Waals surface area contributed by atoms with Gasteiger partial charge < -0.3 is 21.8 Å². The second-order valence-electron chi connectivity index (χ2n) is 10.2. The largest absolute Gasteiger partial charge is 0.402 e. The van der Waals surface area contributed by atoms with Crippen molar-refractivity contribution in [1.82, 2.24) is 20.1 Å². The number of halogens is 1. The van der Waals surface area contributed by atoms with Crippen LogP contribution in [0.2, 0.25) is 0 Å². The van der Waals surface area contributed by atoms with Gasteiger partial charge in [0, 0.05) is 35.8 Å². The predicted molar refractivity (Wildman–Crippen MR) is 136 cm³/mol. The van der Waals surface area contributed by atoms with E-state index >= 15 is 0 Å². The number of hydrogen-bond acceptors (Lipinski definition) is 6. The van der Waals surface area contributed by atoms with Crippen molar-refractivity contribution >= 4 is 28.8 Å². The Morgan fingerprint density at radius 1 is 1.33 bits per heavy atom. The maximum Gasteiger partial charge on any atom is 0.270 e. The summed E-state index contributed by atoms with van der Waals surface area (Å²) in [7, 11) is 0. The van der Waals surface area contributed by atoms with Crippen molar-refractivity contribution in [3.63, 3.8) is 0 Å². The molecule has 2 aliphatic carbocycles.